The van der Waals surface area contributed by atoms with Crippen molar-refractivity contribution in [3.63, 3.8) is 0 Å². The fourth-order valence-electron chi connectivity index (χ4n) is 2.82. The van der Waals surface area contributed by atoms with E-state index < -0.39 is 29.2 Å². The highest BCUT2D eigenvalue weighted by Gasteiger charge is 2.28. The third-order valence-corrected chi connectivity index (χ3v) is 4.34. The standard InChI is InChI=1S/C21H25F2N5O4.ClH/c1-3-31-19(18-14(22)7-13(30-2)8-15(18)23)21(29)28-9-12-5-4-11(20(26)27)6-16(12)32-10-17(24)25;/h4-8,19H,3,9-10H2,1-2H3,(H3,24,25)(H3,26,27)(H,28,29);1H/t19-;/m0./s1. The maximum absolute atomic E-state index is 14.5. The van der Waals surface area contributed by atoms with Crippen molar-refractivity contribution in [2.75, 3.05) is 20.3 Å². The summed E-state index contributed by atoms with van der Waals surface area (Å²) in [5.74, 6) is -2.95. The van der Waals surface area contributed by atoms with E-state index in [1.807, 2.05) is 0 Å². The molecule has 0 bridgehead atoms. The van der Waals surface area contributed by atoms with E-state index in [4.69, 9.17) is 36.5 Å². The molecule has 1 amide bonds. The number of nitrogen functional groups attached to an aromatic ring is 1. The van der Waals surface area contributed by atoms with Crippen molar-refractivity contribution >= 4 is 30.0 Å². The van der Waals surface area contributed by atoms with Gasteiger partial charge in [-0.25, -0.2) is 8.78 Å². The van der Waals surface area contributed by atoms with Gasteiger partial charge in [-0.15, -0.1) is 12.4 Å². The van der Waals surface area contributed by atoms with Gasteiger partial charge in [-0.1, -0.05) is 12.1 Å². The van der Waals surface area contributed by atoms with Crippen LogP contribution in [-0.4, -0.2) is 37.9 Å². The number of rotatable bonds is 11. The minimum absolute atomic E-state index is 0. The van der Waals surface area contributed by atoms with Crippen LogP contribution in [-0.2, 0) is 16.1 Å². The molecule has 33 heavy (non-hydrogen) atoms. The molecule has 0 fully saturated rings. The number of methoxy groups -OCH3 is 1. The van der Waals surface area contributed by atoms with Gasteiger partial charge in [0.25, 0.3) is 5.91 Å². The molecule has 1 atom stereocenters. The average Bonchev–Trinajstić information content (AvgIpc) is 2.74. The fraction of sp³-hybridized carbons (Fsp3) is 0.286. The first-order valence-corrected chi connectivity index (χ1v) is 9.53. The van der Waals surface area contributed by atoms with Crippen molar-refractivity contribution in [1.82, 2.24) is 5.32 Å². The molecular weight excluding hydrogens is 460 g/mol. The second-order valence-electron chi connectivity index (χ2n) is 6.61. The predicted molar refractivity (Wildman–Crippen MR) is 121 cm³/mol. The van der Waals surface area contributed by atoms with E-state index >= 15 is 0 Å². The molecule has 0 aliphatic heterocycles. The van der Waals surface area contributed by atoms with E-state index in [1.54, 1.807) is 19.1 Å². The smallest absolute Gasteiger partial charge is 0.254 e. The van der Waals surface area contributed by atoms with Crippen LogP contribution in [0, 0.1) is 22.5 Å². The van der Waals surface area contributed by atoms with Gasteiger partial charge in [0.1, 0.15) is 41.4 Å². The second kappa shape index (κ2) is 12.6. The van der Waals surface area contributed by atoms with Gasteiger partial charge in [0.15, 0.2) is 6.10 Å². The normalized spacial score (nSPS) is 11.2. The van der Waals surface area contributed by atoms with E-state index in [0.717, 1.165) is 12.1 Å². The third kappa shape index (κ3) is 7.29. The third-order valence-electron chi connectivity index (χ3n) is 4.34. The minimum Gasteiger partial charge on any atom is -0.497 e. The number of hydrogen-bond acceptors (Lipinski definition) is 6. The van der Waals surface area contributed by atoms with Crippen LogP contribution in [0.3, 0.4) is 0 Å². The SMILES string of the molecule is CCO[C@H](C(=O)NCc1ccc(C(=N)N)cc1OCC(=N)N)c1c(F)cc(OC)cc1F.Cl. The fourth-order valence-corrected chi connectivity index (χ4v) is 2.82. The van der Waals surface area contributed by atoms with Crippen LogP contribution in [0.2, 0.25) is 0 Å². The monoisotopic (exact) mass is 485 g/mol. The lowest BCUT2D eigenvalue weighted by Crippen LogP contribution is -2.32. The minimum atomic E-state index is -1.54. The number of ether oxygens (including phenoxy) is 3. The molecule has 2 aromatic rings. The van der Waals surface area contributed by atoms with Gasteiger partial charge < -0.3 is 31.0 Å². The van der Waals surface area contributed by atoms with E-state index in [1.165, 1.54) is 13.2 Å². The van der Waals surface area contributed by atoms with E-state index in [-0.39, 0.29) is 55.3 Å². The van der Waals surface area contributed by atoms with Gasteiger partial charge in [-0.2, -0.15) is 0 Å². The maximum atomic E-state index is 14.5. The van der Waals surface area contributed by atoms with Crippen LogP contribution in [0.15, 0.2) is 30.3 Å². The molecule has 0 saturated carbocycles. The molecule has 0 saturated heterocycles. The van der Waals surface area contributed by atoms with Crippen molar-refractivity contribution < 1.29 is 27.8 Å². The van der Waals surface area contributed by atoms with Crippen molar-refractivity contribution in [1.29, 1.82) is 10.8 Å². The molecule has 180 valence electrons. The summed E-state index contributed by atoms with van der Waals surface area (Å²) in [7, 11) is 1.27. The number of carbonyl (C=O) groups excluding carboxylic acids is 1. The van der Waals surface area contributed by atoms with Crippen LogP contribution in [0.4, 0.5) is 8.78 Å². The molecular formula is C21H26ClF2N5O4. The van der Waals surface area contributed by atoms with Crippen LogP contribution in [0.1, 0.15) is 29.7 Å². The molecule has 0 unspecified atom stereocenters. The molecule has 2 rings (SSSR count). The molecule has 0 aromatic heterocycles. The van der Waals surface area contributed by atoms with Gasteiger partial charge in [0.2, 0.25) is 0 Å². The number of amidine groups is 2. The van der Waals surface area contributed by atoms with Crippen LogP contribution in [0.25, 0.3) is 0 Å². The molecule has 9 nitrogen and oxygen atoms in total. The topological polar surface area (TPSA) is 157 Å². The lowest BCUT2D eigenvalue weighted by molar-refractivity contribution is -0.133. The lowest BCUT2D eigenvalue weighted by atomic mass is 10.1. The van der Waals surface area contributed by atoms with E-state index in [0.29, 0.717) is 11.1 Å². The van der Waals surface area contributed by atoms with Crippen LogP contribution in [0.5, 0.6) is 11.5 Å². The number of amides is 1. The Kier molecular flexibility index (Phi) is 10.5. The Morgan fingerprint density at radius 2 is 1.79 bits per heavy atom. The predicted octanol–water partition coefficient (Wildman–Crippen LogP) is 2.39. The quantitative estimate of drug-likeness (QED) is 0.243. The number of hydrogen-bond donors (Lipinski definition) is 5. The highest BCUT2D eigenvalue weighted by atomic mass is 35.5. The van der Waals surface area contributed by atoms with Crippen molar-refractivity contribution in [2.24, 2.45) is 11.5 Å². The van der Waals surface area contributed by atoms with Crippen molar-refractivity contribution in [2.45, 2.75) is 19.6 Å². The second-order valence-corrected chi connectivity index (χ2v) is 6.61. The first kappa shape index (κ1) is 27.6. The Hall–Kier alpha value is -3.44. The summed E-state index contributed by atoms with van der Waals surface area (Å²) in [6.45, 7) is 1.32. The Morgan fingerprint density at radius 1 is 1.15 bits per heavy atom. The summed E-state index contributed by atoms with van der Waals surface area (Å²) < 4.78 is 44.6. The van der Waals surface area contributed by atoms with E-state index in [2.05, 4.69) is 5.32 Å². The molecule has 0 radical (unpaired) electrons. The maximum Gasteiger partial charge on any atom is 0.254 e. The largest absolute Gasteiger partial charge is 0.497 e. The Labute approximate surface area is 195 Å². The number of carbonyl (C=O) groups is 1. The Morgan fingerprint density at radius 3 is 2.30 bits per heavy atom. The number of halogens is 3. The molecule has 0 aliphatic rings. The Balaban J connectivity index is 0.00000544. The molecule has 12 heteroatoms. The summed E-state index contributed by atoms with van der Waals surface area (Å²) in [4.78, 5) is 12.8. The summed E-state index contributed by atoms with van der Waals surface area (Å²) in [6, 6.07) is 6.51. The Bertz CT molecular complexity index is 999. The van der Waals surface area contributed by atoms with E-state index in [9.17, 15) is 13.6 Å². The van der Waals surface area contributed by atoms with Gasteiger partial charge >= 0.3 is 0 Å². The zero-order valence-corrected chi connectivity index (χ0v) is 18.9. The van der Waals surface area contributed by atoms with Crippen molar-refractivity contribution in [3.8, 4) is 11.5 Å². The van der Waals surface area contributed by atoms with Crippen molar-refractivity contribution in [3.05, 3.63) is 58.7 Å². The molecule has 0 heterocycles. The lowest BCUT2D eigenvalue weighted by Gasteiger charge is -2.20. The summed E-state index contributed by atoms with van der Waals surface area (Å²) >= 11 is 0. The van der Waals surface area contributed by atoms with Crippen LogP contribution < -0.4 is 26.3 Å². The number of nitrogens with one attached hydrogen (secondary N) is 3. The highest BCUT2D eigenvalue weighted by molar-refractivity contribution is 5.95. The summed E-state index contributed by atoms with van der Waals surface area (Å²) in [6.07, 6.45) is -1.54. The number of nitrogens with two attached hydrogens (primary N) is 2. The zero-order chi connectivity index (χ0) is 23.8. The van der Waals surface area contributed by atoms with Gasteiger partial charge in [-0.3, -0.25) is 15.6 Å². The van der Waals surface area contributed by atoms with Gasteiger partial charge in [-0.05, 0) is 13.0 Å². The molecule has 7 N–H and O–H groups in total. The molecule has 0 spiro atoms. The summed E-state index contributed by atoms with van der Waals surface area (Å²) in [5, 5.41) is 17.4. The van der Waals surface area contributed by atoms with Crippen LogP contribution >= 0.6 is 12.4 Å². The first-order chi connectivity index (χ1) is 15.2. The summed E-state index contributed by atoms with van der Waals surface area (Å²) in [5.41, 5.74) is 11.1. The number of benzene rings is 2. The molecule has 2 aromatic carbocycles. The first-order valence-electron chi connectivity index (χ1n) is 9.53. The zero-order valence-electron chi connectivity index (χ0n) is 18.0. The highest BCUT2D eigenvalue weighted by Crippen LogP contribution is 2.29. The average molecular weight is 486 g/mol. The van der Waals surface area contributed by atoms with Gasteiger partial charge in [0, 0.05) is 36.4 Å². The molecule has 0 aliphatic carbocycles. The van der Waals surface area contributed by atoms with Gasteiger partial charge in [0.05, 0.1) is 12.7 Å².